The van der Waals surface area contributed by atoms with Crippen molar-refractivity contribution in [3.63, 3.8) is 0 Å². The maximum Gasteiger partial charge on any atom is 0.416 e. The van der Waals surface area contributed by atoms with Crippen molar-refractivity contribution >= 4 is 11.6 Å². The van der Waals surface area contributed by atoms with Crippen LogP contribution in [-0.4, -0.2) is 0 Å². The van der Waals surface area contributed by atoms with E-state index in [1.54, 1.807) is 12.1 Å². The molecule has 0 fully saturated rings. The number of hydrogen-bond acceptors (Lipinski definition) is 0. The lowest BCUT2D eigenvalue weighted by Gasteiger charge is -2.08. The summed E-state index contributed by atoms with van der Waals surface area (Å²) in [5.41, 5.74) is 2.51. The first-order valence-corrected chi connectivity index (χ1v) is 7.15. The predicted octanol–water partition coefficient (Wildman–Crippen LogP) is 5.84. The van der Waals surface area contributed by atoms with Gasteiger partial charge in [-0.1, -0.05) is 35.9 Å². The monoisotopic (exact) mass is 312 g/mol. The van der Waals surface area contributed by atoms with Gasteiger partial charge in [-0.25, -0.2) is 0 Å². The third-order valence-electron chi connectivity index (χ3n) is 3.45. The van der Waals surface area contributed by atoms with E-state index < -0.39 is 11.7 Å². The summed E-state index contributed by atoms with van der Waals surface area (Å²) in [5, 5.41) is 0.752. The second-order valence-electron chi connectivity index (χ2n) is 5.13. The van der Waals surface area contributed by atoms with Crippen molar-refractivity contribution in [2.45, 2.75) is 32.4 Å². The van der Waals surface area contributed by atoms with E-state index in [0.29, 0.717) is 0 Å². The lowest BCUT2D eigenvalue weighted by Crippen LogP contribution is -2.04. The zero-order chi connectivity index (χ0) is 15.5. The third kappa shape index (κ3) is 4.50. The van der Waals surface area contributed by atoms with Gasteiger partial charge in [0.1, 0.15) is 0 Å². The Labute approximate surface area is 127 Å². The van der Waals surface area contributed by atoms with Crippen molar-refractivity contribution < 1.29 is 13.2 Å². The normalized spacial score (nSPS) is 11.7. The van der Waals surface area contributed by atoms with Gasteiger partial charge in [-0.05, 0) is 61.1 Å². The van der Waals surface area contributed by atoms with Crippen LogP contribution < -0.4 is 0 Å². The average molecular weight is 313 g/mol. The number of halogens is 4. The molecule has 112 valence electrons. The molecule has 2 rings (SSSR count). The summed E-state index contributed by atoms with van der Waals surface area (Å²) in [6, 6.07) is 11.3. The zero-order valence-electron chi connectivity index (χ0n) is 11.7. The van der Waals surface area contributed by atoms with Crippen LogP contribution >= 0.6 is 11.6 Å². The van der Waals surface area contributed by atoms with Gasteiger partial charge in [0.15, 0.2) is 0 Å². The van der Waals surface area contributed by atoms with Crippen molar-refractivity contribution in [3.8, 4) is 0 Å². The molecule has 0 saturated carbocycles. The van der Waals surface area contributed by atoms with Gasteiger partial charge >= 0.3 is 6.18 Å². The highest BCUT2D eigenvalue weighted by Gasteiger charge is 2.29. The van der Waals surface area contributed by atoms with E-state index in [0.717, 1.165) is 53.1 Å². The Balaban J connectivity index is 1.90. The molecule has 0 heterocycles. The van der Waals surface area contributed by atoms with E-state index in [1.165, 1.54) is 0 Å². The molecular formula is C17H16ClF3. The number of benzene rings is 2. The Morgan fingerprint density at radius 3 is 2.05 bits per heavy atom. The molecule has 0 aliphatic carbocycles. The highest BCUT2D eigenvalue weighted by Crippen LogP contribution is 2.29. The summed E-state index contributed by atoms with van der Waals surface area (Å²) in [6.07, 6.45) is -1.77. The van der Waals surface area contributed by atoms with E-state index in [9.17, 15) is 13.2 Å². The highest BCUT2D eigenvalue weighted by molar-refractivity contribution is 6.31. The molecule has 0 unspecified atom stereocenters. The molecule has 0 saturated heterocycles. The van der Waals surface area contributed by atoms with Crippen molar-refractivity contribution in [3.05, 3.63) is 69.7 Å². The first-order valence-electron chi connectivity index (χ1n) is 6.77. The summed E-state index contributed by atoms with van der Waals surface area (Å²) in [5.74, 6) is 0. The lowest BCUT2D eigenvalue weighted by molar-refractivity contribution is -0.137. The average Bonchev–Trinajstić information content (AvgIpc) is 2.42. The van der Waals surface area contributed by atoms with Crippen LogP contribution in [-0.2, 0) is 19.0 Å². The molecule has 0 bridgehead atoms. The Hall–Kier alpha value is -1.48. The lowest BCUT2D eigenvalue weighted by atomic mass is 10.0. The van der Waals surface area contributed by atoms with Crippen LogP contribution in [0.15, 0.2) is 42.5 Å². The molecule has 21 heavy (non-hydrogen) atoms. The van der Waals surface area contributed by atoms with Gasteiger partial charge in [0, 0.05) is 5.02 Å². The molecule has 0 aromatic heterocycles. The van der Waals surface area contributed by atoms with Gasteiger partial charge < -0.3 is 0 Å². The molecular weight excluding hydrogens is 297 g/mol. The van der Waals surface area contributed by atoms with Crippen molar-refractivity contribution in [1.82, 2.24) is 0 Å². The standard InChI is InChI=1S/C17H16ClF3/c1-12-5-6-14(11-16(12)18)4-2-3-13-7-9-15(10-8-13)17(19,20)21/h5-11H,2-4H2,1H3. The van der Waals surface area contributed by atoms with Crippen LogP contribution in [0.1, 0.15) is 28.7 Å². The smallest absolute Gasteiger partial charge is 0.166 e. The van der Waals surface area contributed by atoms with Crippen LogP contribution in [0, 0.1) is 6.92 Å². The molecule has 2 aromatic rings. The Morgan fingerprint density at radius 2 is 1.48 bits per heavy atom. The molecule has 0 atom stereocenters. The molecule has 2 aromatic carbocycles. The number of hydrogen-bond donors (Lipinski definition) is 0. The fraction of sp³-hybridized carbons (Fsp3) is 0.294. The van der Waals surface area contributed by atoms with Crippen LogP contribution in [0.2, 0.25) is 5.02 Å². The zero-order valence-corrected chi connectivity index (χ0v) is 12.4. The minimum absolute atomic E-state index is 0.600. The summed E-state index contributed by atoms with van der Waals surface area (Å²) in [6.45, 7) is 1.95. The Bertz CT molecular complexity index is 600. The van der Waals surface area contributed by atoms with Crippen LogP contribution in [0.5, 0.6) is 0 Å². The van der Waals surface area contributed by atoms with E-state index >= 15 is 0 Å². The van der Waals surface area contributed by atoms with E-state index in [-0.39, 0.29) is 0 Å². The second-order valence-corrected chi connectivity index (χ2v) is 5.54. The topological polar surface area (TPSA) is 0 Å². The molecule has 0 spiro atoms. The molecule has 0 radical (unpaired) electrons. The first-order chi connectivity index (χ1) is 9.86. The van der Waals surface area contributed by atoms with Crippen molar-refractivity contribution in [2.24, 2.45) is 0 Å². The van der Waals surface area contributed by atoms with Crippen molar-refractivity contribution in [1.29, 1.82) is 0 Å². The molecule has 0 nitrogen and oxygen atoms in total. The number of rotatable bonds is 4. The van der Waals surface area contributed by atoms with E-state index in [1.807, 2.05) is 25.1 Å². The third-order valence-corrected chi connectivity index (χ3v) is 3.86. The van der Waals surface area contributed by atoms with Gasteiger partial charge in [0.05, 0.1) is 5.56 Å². The van der Waals surface area contributed by atoms with E-state index in [2.05, 4.69) is 0 Å². The predicted molar refractivity (Wildman–Crippen MR) is 79.7 cm³/mol. The largest absolute Gasteiger partial charge is 0.416 e. The SMILES string of the molecule is Cc1ccc(CCCc2ccc(C(F)(F)F)cc2)cc1Cl. The van der Waals surface area contributed by atoms with Crippen LogP contribution in [0.4, 0.5) is 13.2 Å². The molecule has 0 aliphatic heterocycles. The fourth-order valence-electron chi connectivity index (χ4n) is 2.15. The Morgan fingerprint density at radius 1 is 0.905 bits per heavy atom. The second kappa shape index (κ2) is 6.52. The van der Waals surface area contributed by atoms with Gasteiger partial charge in [0.25, 0.3) is 0 Å². The van der Waals surface area contributed by atoms with E-state index in [4.69, 9.17) is 11.6 Å². The van der Waals surface area contributed by atoms with Gasteiger partial charge in [-0.3, -0.25) is 0 Å². The fourth-order valence-corrected chi connectivity index (χ4v) is 2.35. The summed E-state index contributed by atoms with van der Waals surface area (Å²) >= 11 is 6.06. The first kappa shape index (κ1) is 15.9. The minimum atomic E-state index is -4.27. The van der Waals surface area contributed by atoms with Gasteiger partial charge in [-0.2, -0.15) is 13.2 Å². The van der Waals surface area contributed by atoms with Crippen LogP contribution in [0.25, 0.3) is 0 Å². The van der Waals surface area contributed by atoms with Crippen LogP contribution in [0.3, 0.4) is 0 Å². The maximum absolute atomic E-state index is 12.5. The molecule has 0 amide bonds. The quantitative estimate of drug-likeness (QED) is 0.665. The highest BCUT2D eigenvalue weighted by atomic mass is 35.5. The Kier molecular flexibility index (Phi) is 4.94. The maximum atomic E-state index is 12.5. The molecule has 0 N–H and O–H groups in total. The van der Waals surface area contributed by atoms with Crippen molar-refractivity contribution in [2.75, 3.05) is 0 Å². The summed E-state index contributed by atoms with van der Waals surface area (Å²) in [7, 11) is 0. The van der Waals surface area contributed by atoms with Gasteiger partial charge in [-0.15, -0.1) is 0 Å². The summed E-state index contributed by atoms with van der Waals surface area (Å²) < 4.78 is 37.4. The molecule has 4 heteroatoms. The number of aryl methyl sites for hydroxylation is 3. The number of alkyl halides is 3. The summed E-state index contributed by atoms with van der Waals surface area (Å²) in [4.78, 5) is 0. The molecule has 0 aliphatic rings. The minimum Gasteiger partial charge on any atom is -0.166 e. The van der Waals surface area contributed by atoms with Gasteiger partial charge in [0.2, 0.25) is 0 Å².